The molecule has 4 rings (SSSR count). The molecule has 0 radical (unpaired) electrons. The van der Waals surface area contributed by atoms with Gasteiger partial charge in [0.25, 0.3) is 5.91 Å². The summed E-state index contributed by atoms with van der Waals surface area (Å²) in [6.07, 6.45) is 0.406. The standard InChI is InChI=1S/C23H24ClNO5S2/c1-14-4-6-17-20(10-14)31-22(21(17)24)23(26)25(16-8-9-32(27,28)13-16)12-15-5-7-18(29-2)19(11-15)30-3/h4-7,10-11,16H,8-9,12-13H2,1-3H3/t16-/m0/s1. The number of halogens is 1. The minimum absolute atomic E-state index is 0.0480. The molecule has 1 aliphatic heterocycles. The van der Waals surface area contributed by atoms with Crippen LogP contribution in [0.25, 0.3) is 10.1 Å². The number of hydrogen-bond acceptors (Lipinski definition) is 6. The van der Waals surface area contributed by atoms with Gasteiger partial charge in [0.1, 0.15) is 4.88 Å². The molecule has 0 unspecified atom stereocenters. The Balaban J connectivity index is 1.73. The largest absolute Gasteiger partial charge is 0.493 e. The molecule has 170 valence electrons. The van der Waals surface area contributed by atoms with Crippen molar-refractivity contribution < 1.29 is 22.7 Å². The molecule has 0 saturated carbocycles. The quantitative estimate of drug-likeness (QED) is 0.497. The maximum absolute atomic E-state index is 13.7. The van der Waals surface area contributed by atoms with Crippen LogP contribution in [-0.2, 0) is 16.4 Å². The van der Waals surface area contributed by atoms with Crippen LogP contribution in [0.15, 0.2) is 36.4 Å². The first-order valence-electron chi connectivity index (χ1n) is 10.1. The summed E-state index contributed by atoms with van der Waals surface area (Å²) < 4.78 is 36.0. The van der Waals surface area contributed by atoms with Crippen LogP contribution in [-0.4, -0.2) is 51.0 Å². The van der Waals surface area contributed by atoms with E-state index in [-0.39, 0.29) is 24.0 Å². The van der Waals surface area contributed by atoms with E-state index in [1.807, 2.05) is 31.2 Å². The van der Waals surface area contributed by atoms with Crippen LogP contribution in [0.5, 0.6) is 11.5 Å². The predicted molar refractivity (Wildman–Crippen MR) is 128 cm³/mol. The summed E-state index contributed by atoms with van der Waals surface area (Å²) in [7, 11) is -0.0744. The van der Waals surface area contributed by atoms with Crippen molar-refractivity contribution in [2.45, 2.75) is 25.9 Å². The molecule has 1 aliphatic rings. The number of methoxy groups -OCH3 is 2. The van der Waals surface area contributed by atoms with Gasteiger partial charge < -0.3 is 14.4 Å². The van der Waals surface area contributed by atoms with Gasteiger partial charge in [-0.05, 0) is 42.7 Å². The number of rotatable bonds is 6. The molecule has 3 aromatic rings. The summed E-state index contributed by atoms with van der Waals surface area (Å²) in [6, 6.07) is 10.9. The molecule has 1 atom stereocenters. The van der Waals surface area contributed by atoms with E-state index >= 15 is 0 Å². The number of sulfone groups is 1. The van der Waals surface area contributed by atoms with Crippen molar-refractivity contribution in [3.63, 3.8) is 0 Å². The Morgan fingerprint density at radius 2 is 1.91 bits per heavy atom. The van der Waals surface area contributed by atoms with Crippen molar-refractivity contribution in [1.29, 1.82) is 0 Å². The van der Waals surface area contributed by atoms with E-state index in [4.69, 9.17) is 21.1 Å². The van der Waals surface area contributed by atoms with Crippen LogP contribution in [0, 0.1) is 6.92 Å². The van der Waals surface area contributed by atoms with E-state index < -0.39 is 15.9 Å². The zero-order chi connectivity index (χ0) is 23.0. The summed E-state index contributed by atoms with van der Waals surface area (Å²) in [5, 5.41) is 1.24. The molecule has 1 aromatic heterocycles. The molecular weight excluding hydrogens is 470 g/mol. The van der Waals surface area contributed by atoms with Crippen molar-refractivity contribution in [1.82, 2.24) is 4.90 Å². The van der Waals surface area contributed by atoms with E-state index in [0.29, 0.717) is 27.8 Å². The Morgan fingerprint density at radius 3 is 2.56 bits per heavy atom. The number of fused-ring (bicyclic) bond motifs is 1. The number of carbonyl (C=O) groups excluding carboxylic acids is 1. The van der Waals surface area contributed by atoms with Crippen molar-refractivity contribution >= 4 is 48.8 Å². The van der Waals surface area contributed by atoms with Gasteiger partial charge in [0, 0.05) is 22.7 Å². The Labute approximate surface area is 196 Å². The van der Waals surface area contributed by atoms with Crippen LogP contribution in [0.1, 0.15) is 27.2 Å². The van der Waals surface area contributed by atoms with E-state index in [9.17, 15) is 13.2 Å². The molecule has 1 saturated heterocycles. The van der Waals surface area contributed by atoms with Gasteiger partial charge in [-0.2, -0.15) is 0 Å². The molecule has 0 N–H and O–H groups in total. The minimum atomic E-state index is -3.18. The number of nitrogens with zero attached hydrogens (tertiary/aromatic N) is 1. The van der Waals surface area contributed by atoms with E-state index in [2.05, 4.69) is 0 Å². The average molecular weight is 494 g/mol. The fourth-order valence-electron chi connectivity index (χ4n) is 4.00. The second-order valence-electron chi connectivity index (χ2n) is 7.92. The Kier molecular flexibility index (Phi) is 6.38. The third-order valence-electron chi connectivity index (χ3n) is 5.69. The third kappa shape index (κ3) is 4.44. The maximum Gasteiger partial charge on any atom is 0.266 e. The second kappa shape index (κ2) is 8.92. The lowest BCUT2D eigenvalue weighted by atomic mass is 10.1. The predicted octanol–water partition coefficient (Wildman–Crippen LogP) is 4.71. The van der Waals surface area contributed by atoms with Gasteiger partial charge in [-0.15, -0.1) is 11.3 Å². The van der Waals surface area contributed by atoms with Crippen LogP contribution in [0.3, 0.4) is 0 Å². The van der Waals surface area contributed by atoms with Gasteiger partial charge in [0.2, 0.25) is 0 Å². The number of benzene rings is 2. The summed E-state index contributed by atoms with van der Waals surface area (Å²) in [6.45, 7) is 2.23. The first kappa shape index (κ1) is 22.9. The van der Waals surface area contributed by atoms with Crippen LogP contribution in [0.4, 0.5) is 0 Å². The monoisotopic (exact) mass is 493 g/mol. The highest BCUT2D eigenvalue weighted by Crippen LogP contribution is 2.38. The summed E-state index contributed by atoms with van der Waals surface area (Å²) >= 11 is 7.95. The molecule has 9 heteroatoms. The lowest BCUT2D eigenvalue weighted by Crippen LogP contribution is -2.40. The molecule has 0 bridgehead atoms. The van der Waals surface area contributed by atoms with Crippen molar-refractivity contribution in [3.8, 4) is 11.5 Å². The van der Waals surface area contributed by atoms with E-state index in [0.717, 1.165) is 21.2 Å². The number of aryl methyl sites for hydroxylation is 1. The topological polar surface area (TPSA) is 72.9 Å². The van der Waals surface area contributed by atoms with Gasteiger partial charge in [-0.25, -0.2) is 8.42 Å². The molecule has 6 nitrogen and oxygen atoms in total. The van der Waals surface area contributed by atoms with Crippen LogP contribution >= 0.6 is 22.9 Å². The van der Waals surface area contributed by atoms with Gasteiger partial charge in [0.15, 0.2) is 21.3 Å². The zero-order valence-corrected chi connectivity index (χ0v) is 20.4. The third-order valence-corrected chi connectivity index (χ3v) is 9.09. The summed E-state index contributed by atoms with van der Waals surface area (Å²) in [5.41, 5.74) is 1.90. The molecule has 1 amide bonds. The number of ether oxygens (including phenoxy) is 2. The fraction of sp³-hybridized carbons (Fsp3) is 0.348. The van der Waals surface area contributed by atoms with Crippen LogP contribution in [0.2, 0.25) is 5.02 Å². The molecule has 0 spiro atoms. The first-order valence-corrected chi connectivity index (χ1v) is 13.1. The van der Waals surface area contributed by atoms with Gasteiger partial charge >= 0.3 is 0 Å². The van der Waals surface area contributed by atoms with Crippen molar-refractivity contribution in [3.05, 3.63) is 57.4 Å². The molecule has 2 aromatic carbocycles. The highest BCUT2D eigenvalue weighted by molar-refractivity contribution is 7.91. The number of thiophene rings is 1. The first-order chi connectivity index (χ1) is 15.2. The maximum atomic E-state index is 13.7. The minimum Gasteiger partial charge on any atom is -0.493 e. The van der Waals surface area contributed by atoms with Gasteiger partial charge in [0.05, 0.1) is 30.7 Å². The zero-order valence-electron chi connectivity index (χ0n) is 18.1. The smallest absolute Gasteiger partial charge is 0.266 e. The van der Waals surface area contributed by atoms with Crippen molar-refractivity contribution in [2.75, 3.05) is 25.7 Å². The SMILES string of the molecule is COc1ccc(CN(C(=O)c2sc3cc(C)ccc3c2Cl)[C@H]2CCS(=O)(=O)C2)cc1OC. The fourth-order valence-corrected chi connectivity index (χ4v) is 7.30. The van der Waals surface area contributed by atoms with E-state index in [1.54, 1.807) is 31.3 Å². The number of carbonyl (C=O) groups is 1. The highest BCUT2D eigenvalue weighted by atomic mass is 35.5. The second-order valence-corrected chi connectivity index (χ2v) is 11.6. The highest BCUT2D eigenvalue weighted by Gasteiger charge is 2.36. The van der Waals surface area contributed by atoms with E-state index in [1.165, 1.54) is 11.3 Å². The Morgan fingerprint density at radius 1 is 1.16 bits per heavy atom. The lowest BCUT2D eigenvalue weighted by Gasteiger charge is -2.28. The van der Waals surface area contributed by atoms with Crippen LogP contribution < -0.4 is 9.47 Å². The molecular formula is C23H24ClNO5S2. The van der Waals surface area contributed by atoms with Gasteiger partial charge in [-0.3, -0.25) is 4.79 Å². The molecule has 0 aliphatic carbocycles. The van der Waals surface area contributed by atoms with Crippen molar-refractivity contribution in [2.24, 2.45) is 0 Å². The molecule has 2 heterocycles. The normalized spacial score (nSPS) is 17.4. The Hall–Kier alpha value is -2.29. The summed E-state index contributed by atoms with van der Waals surface area (Å²) in [4.78, 5) is 15.8. The van der Waals surface area contributed by atoms with Gasteiger partial charge in [-0.1, -0.05) is 29.8 Å². The number of hydrogen-bond donors (Lipinski definition) is 0. The lowest BCUT2D eigenvalue weighted by molar-refractivity contribution is 0.0686. The molecule has 32 heavy (non-hydrogen) atoms. The average Bonchev–Trinajstić information content (AvgIpc) is 3.29. The summed E-state index contributed by atoms with van der Waals surface area (Å²) in [5.74, 6) is 0.901. The Bertz CT molecular complexity index is 1290. The number of amides is 1. The molecule has 1 fully saturated rings.